The fourth-order valence-electron chi connectivity index (χ4n) is 14.7. The van der Waals surface area contributed by atoms with Gasteiger partial charge in [-0.05, 0) is 51.4 Å². The fraction of sp³-hybridized carbons (Fsp3) is 0.494. The SMILES string of the molecule is CC.CC.CC.CC.CC.CC.CC.O=C1c2c(O)c(=O)cnn2[CH-]C2CCCCN12.O=C1c2c(O)c(=O)cnn2[CH-]C2CCCN12.O=C1c2c(O)c(=O)cnn2[CH-]C2COCCN12.O=C1c2c(O)c(=O)cnn2[CH-]C2OCCCN12.O=C1c2c(O)c(=O)cnn2[CH-]C2OCCN12.O=C1c2c(O)c(=O)cnn2[CH-]N2CCCCN12.O=C1c2c(O)c(=O)cnn2[CH-]N2CCCN12.[Y].[Y].[Y].[Y].[Y].[Y].[Y]. The Morgan fingerprint density at radius 1 is 0.263 bits per heavy atom. The zero-order valence-electron chi connectivity index (χ0n) is 78.9. The molecule has 7 fully saturated rings. The van der Waals surface area contributed by atoms with Gasteiger partial charge in [0.05, 0.1) is 63.2 Å². The Bertz CT molecular complexity index is 5060. The molecule has 7 N–H and O–H groups in total. The Kier molecular flexibility index (Phi) is 57.9. The number of ether oxygens (including phenoxy) is 3. The normalized spacial score (nSPS) is 18.7. The average molecular weight is 2440 g/mol. The summed E-state index contributed by atoms with van der Waals surface area (Å²) in [5.41, 5.74) is -4.92. The topological polar surface area (TPSA) is 562 Å². The van der Waals surface area contributed by atoms with Crippen LogP contribution in [0, 0.1) is 46.1 Å². The first-order valence-corrected chi connectivity index (χ1v) is 43.4. The Morgan fingerprint density at radius 3 is 0.891 bits per heavy atom. The predicted octanol–water partition coefficient (Wildman–Crippen LogP) is 1.83. The number of carbonyl (C=O) groups is 7. The van der Waals surface area contributed by atoms with E-state index in [1.165, 1.54) is 52.6 Å². The van der Waals surface area contributed by atoms with Gasteiger partial charge in [0.15, 0.2) is 29.5 Å². The average Bonchev–Trinajstić information content (AvgIpc) is 1.03. The van der Waals surface area contributed by atoms with Crippen molar-refractivity contribution in [3.63, 3.8) is 0 Å². The second-order valence-corrected chi connectivity index (χ2v) is 27.6. The predicted molar refractivity (Wildman–Crippen MR) is 462 cm³/mol. The third-order valence-electron chi connectivity index (χ3n) is 20.5. The van der Waals surface area contributed by atoms with E-state index in [9.17, 15) is 103 Å². The van der Waals surface area contributed by atoms with Crippen molar-refractivity contribution >= 4 is 41.4 Å². The molecule has 21 heterocycles. The minimum Gasteiger partial charge on any atom is -0.520 e. The van der Waals surface area contributed by atoms with Gasteiger partial charge in [0.2, 0.25) is 49.8 Å². The van der Waals surface area contributed by atoms with Gasteiger partial charge in [-0.2, -0.15) is 0 Å². The maximum Gasteiger partial charge on any atom is 0.223 e. The van der Waals surface area contributed by atoms with Crippen molar-refractivity contribution in [1.82, 2.24) is 113 Å². The number of piperidine rings is 1. The van der Waals surface area contributed by atoms with Crippen molar-refractivity contribution in [2.75, 3.05) is 85.3 Å². The smallest absolute Gasteiger partial charge is 0.223 e. The maximum absolute atomic E-state index is 12.2. The number of nitrogens with zero attached hydrogens (tertiary/aromatic N) is 23. The Balaban J connectivity index is 0.000000775. The van der Waals surface area contributed by atoms with Crippen LogP contribution in [0.25, 0.3) is 0 Å². The standard InChI is InChI=1S/C11H12N3O3.C10H11N4O3.2C10H10N3O4.C10H10N3O3.C9H9N4O3.C9H8N3O4.7C2H6.7Y/c15-8-5-12-14-6-7-3-1-2-4-13(7)11(17)9(14)10(8)16;15-7-5-11-13-6-12-3-1-2-4-14(12)10(17)8(13)9(7)16;14-7-3-11-13-4-6-5-17-2-1-12(6)10(16)8(13)9(7)15;14-6-4-11-13-5-7-12(2-1-3-17-7)10(16)8(13)9(6)15;14-7-4-11-13-5-6-2-1-3-12(6)10(16)8(13)9(7)15;14-6-4-10-12-5-11-2-1-3-13(11)9(16)7(12)8(6)15;13-5-3-10-12-4-6-11(1-2-16-6)9(15)7(12)8(5)14;7*1-2;;;;;;;/h5-7,16H,1-4H2;5-6,16H,1-4H2;3-4,6,15H,1-2,5H2;4-5,7,15H,1-3H2;4-6,15H,1-3H2;4-5,15H,1-3H2;3-4,6,14H,1-2H2;7*1-2H3;;;;;;;/q7*-1;;;;;;;;;;;;;;. The summed E-state index contributed by atoms with van der Waals surface area (Å²) in [6.07, 6.45) is 14.3. The van der Waals surface area contributed by atoms with Gasteiger partial charge in [0.1, 0.15) is 52.7 Å². The number of morpholine rings is 1. The van der Waals surface area contributed by atoms with Crippen LogP contribution in [-0.2, 0) is 243 Å². The summed E-state index contributed by atoms with van der Waals surface area (Å²) in [5, 5.41) is 100. The van der Waals surface area contributed by atoms with E-state index in [1.807, 2.05) is 96.9 Å². The first kappa shape index (κ1) is 129. The zero-order valence-corrected chi connectivity index (χ0v) is 98.8. The van der Waals surface area contributed by atoms with E-state index in [1.54, 1.807) is 70.8 Å². The number of carbonyl (C=O) groups excluding carboxylic acids is 7. The number of hydrogen-bond donors (Lipinski definition) is 7. The maximum atomic E-state index is 12.2. The van der Waals surface area contributed by atoms with Crippen LogP contribution in [0.4, 0.5) is 0 Å². The summed E-state index contributed by atoms with van der Waals surface area (Å²) in [6.45, 7) is 46.9. The molecule has 0 aliphatic carbocycles. The molecule has 5 atom stereocenters. The number of amides is 7. The molecule has 731 valence electrons. The molecular formula is C83H112N23O24Y7-7. The number of aromatic hydroxyl groups is 7. The van der Waals surface area contributed by atoms with Crippen LogP contribution >= 0.6 is 0 Å². The fourth-order valence-corrected chi connectivity index (χ4v) is 14.7. The summed E-state index contributed by atoms with van der Waals surface area (Å²) in [7, 11) is 0. The number of hydrazine groups is 2. The summed E-state index contributed by atoms with van der Waals surface area (Å²) in [6, 6.07) is -0.134. The van der Waals surface area contributed by atoms with Crippen molar-refractivity contribution < 1.29 is 312 Å². The van der Waals surface area contributed by atoms with Gasteiger partial charge in [-0.25, -0.2) is 35.7 Å². The molecule has 7 aromatic rings. The molecule has 14 aliphatic rings. The molecule has 54 heteroatoms. The second-order valence-electron chi connectivity index (χ2n) is 27.6. The summed E-state index contributed by atoms with van der Waals surface area (Å²) in [4.78, 5) is 171. The number of fused-ring (bicyclic) bond motifs is 14. The number of hydrogen-bond acceptors (Lipinski definition) is 33. The van der Waals surface area contributed by atoms with Gasteiger partial charge < -0.3 is 107 Å². The molecule has 21 rings (SSSR count). The first-order valence-electron chi connectivity index (χ1n) is 43.4. The number of aromatic nitrogens is 14. The Morgan fingerprint density at radius 2 is 0.518 bits per heavy atom. The van der Waals surface area contributed by atoms with Crippen LogP contribution in [0.5, 0.6) is 40.2 Å². The van der Waals surface area contributed by atoms with Gasteiger partial charge in [-0.1, -0.05) is 130 Å². The van der Waals surface area contributed by atoms with Crippen LogP contribution in [-0.4, -0.2) is 306 Å². The minimum absolute atomic E-state index is 0. The quantitative estimate of drug-likeness (QED) is 0.106. The van der Waals surface area contributed by atoms with Crippen LogP contribution in [0.1, 0.15) is 228 Å². The summed E-state index contributed by atoms with van der Waals surface area (Å²) >= 11 is 0. The van der Waals surface area contributed by atoms with Crippen molar-refractivity contribution in [2.45, 2.75) is 185 Å². The van der Waals surface area contributed by atoms with Crippen molar-refractivity contribution in [3.05, 3.63) is 201 Å². The van der Waals surface area contributed by atoms with E-state index < -0.39 is 103 Å². The monoisotopic (exact) mass is 2440 g/mol. The Labute approximate surface area is 966 Å². The largest absolute Gasteiger partial charge is 0.520 e. The van der Waals surface area contributed by atoms with Crippen LogP contribution in [0.2, 0.25) is 0 Å². The molecule has 5 unspecified atom stereocenters. The molecule has 7 radical (unpaired) electrons. The van der Waals surface area contributed by atoms with Crippen LogP contribution in [0.15, 0.2) is 76.9 Å². The Hall–Kier alpha value is -6.33. The summed E-state index contributed by atoms with van der Waals surface area (Å²) < 4.78 is 24.7. The molecule has 7 saturated heterocycles. The molecule has 0 saturated carbocycles. The molecule has 14 aliphatic heterocycles. The molecule has 0 spiro atoms. The third-order valence-corrected chi connectivity index (χ3v) is 20.5. The molecule has 137 heavy (non-hydrogen) atoms. The van der Waals surface area contributed by atoms with Gasteiger partial charge in [-0.15, -0.1) is 19.6 Å². The van der Waals surface area contributed by atoms with Gasteiger partial charge in [0.25, 0.3) is 0 Å². The summed E-state index contributed by atoms with van der Waals surface area (Å²) in [5.74, 6) is -6.42. The van der Waals surface area contributed by atoms with Gasteiger partial charge in [0, 0.05) is 352 Å². The van der Waals surface area contributed by atoms with E-state index in [4.69, 9.17) is 14.2 Å². The molecule has 0 bridgehead atoms. The number of rotatable bonds is 0. The molecule has 7 aromatic heterocycles. The van der Waals surface area contributed by atoms with Crippen molar-refractivity contribution in [1.29, 1.82) is 0 Å². The van der Waals surface area contributed by atoms with Crippen molar-refractivity contribution in [3.8, 4) is 40.2 Å². The van der Waals surface area contributed by atoms with E-state index in [-0.39, 0.29) is 316 Å². The van der Waals surface area contributed by atoms with Crippen molar-refractivity contribution in [2.24, 2.45) is 0 Å². The van der Waals surface area contributed by atoms with E-state index in [2.05, 4.69) is 35.7 Å². The first-order chi connectivity index (χ1) is 62.8. The van der Waals surface area contributed by atoms with Crippen LogP contribution < -0.4 is 38.0 Å². The third kappa shape index (κ3) is 28.8. The van der Waals surface area contributed by atoms with E-state index in [0.29, 0.717) is 72.2 Å². The van der Waals surface area contributed by atoms with E-state index in [0.717, 1.165) is 114 Å². The molecule has 7 amide bonds. The van der Waals surface area contributed by atoms with Crippen LogP contribution in [0.3, 0.4) is 0 Å². The second kappa shape index (κ2) is 61.6. The van der Waals surface area contributed by atoms with Gasteiger partial charge in [-0.3, -0.25) is 87.2 Å². The molecule has 0 aromatic carbocycles. The van der Waals surface area contributed by atoms with Gasteiger partial charge >= 0.3 is 0 Å². The molecule has 47 nitrogen and oxygen atoms in total. The molecular weight excluding hydrogens is 2330 g/mol. The minimum atomic E-state index is -0.661. The van der Waals surface area contributed by atoms with E-state index >= 15 is 0 Å². The zero-order chi connectivity index (χ0) is 95.8.